The molecule has 0 aromatic rings. The number of fused-ring (bicyclic) bond motifs is 6. The zero-order valence-electron chi connectivity index (χ0n) is 21.4. The van der Waals surface area contributed by atoms with Gasteiger partial charge < -0.3 is 28.4 Å². The molecule has 6 atom stereocenters. The molecule has 2 heterocycles. The standard InChI is InChI=1S/C27H38O8/c1-23-9-10-26(31-11-12-32-26)15-17(23)5-6-18-19-7-8-27(33-13-14-34-27)24(19,2)16-25(3,20(18)23)35-22(29)21(28)30-4/h5,18-20H,6-16H2,1-4H3/t18-,19-,20-,23-,24-,25-/m0/s1. The molecule has 3 saturated carbocycles. The molecule has 0 N–H and O–H groups in total. The van der Waals surface area contributed by atoms with Gasteiger partial charge in [-0.3, -0.25) is 0 Å². The summed E-state index contributed by atoms with van der Waals surface area (Å²) >= 11 is 0. The van der Waals surface area contributed by atoms with Crippen LogP contribution in [0.1, 0.15) is 65.7 Å². The van der Waals surface area contributed by atoms with Gasteiger partial charge in [-0.05, 0) is 49.9 Å². The second-order valence-corrected chi connectivity index (χ2v) is 12.2. The number of methoxy groups -OCH3 is 1. The van der Waals surface area contributed by atoms with E-state index >= 15 is 0 Å². The summed E-state index contributed by atoms with van der Waals surface area (Å²) in [4.78, 5) is 25.1. The largest absolute Gasteiger partial charge is 0.461 e. The highest BCUT2D eigenvalue weighted by atomic mass is 16.7. The van der Waals surface area contributed by atoms with E-state index in [1.54, 1.807) is 0 Å². The van der Waals surface area contributed by atoms with E-state index in [0.717, 1.165) is 38.5 Å². The number of rotatable bonds is 1. The summed E-state index contributed by atoms with van der Waals surface area (Å²) in [7, 11) is 1.21. The normalized spacial score (nSPS) is 44.9. The van der Waals surface area contributed by atoms with Crippen LogP contribution in [0.4, 0.5) is 0 Å². The van der Waals surface area contributed by atoms with Crippen LogP contribution in [-0.4, -0.2) is 62.7 Å². The van der Waals surface area contributed by atoms with E-state index in [1.807, 2.05) is 6.92 Å². The highest BCUT2D eigenvalue weighted by molar-refractivity contribution is 6.29. The summed E-state index contributed by atoms with van der Waals surface area (Å²) in [5.41, 5.74) is -0.0741. The van der Waals surface area contributed by atoms with Crippen LogP contribution in [0.25, 0.3) is 0 Å². The molecule has 8 nitrogen and oxygen atoms in total. The quantitative estimate of drug-likeness (QED) is 0.313. The lowest BCUT2D eigenvalue weighted by atomic mass is 9.43. The van der Waals surface area contributed by atoms with Gasteiger partial charge in [-0.2, -0.15) is 0 Å². The van der Waals surface area contributed by atoms with Gasteiger partial charge in [0.25, 0.3) is 0 Å². The molecule has 0 bridgehead atoms. The van der Waals surface area contributed by atoms with Gasteiger partial charge in [0.05, 0.1) is 33.5 Å². The van der Waals surface area contributed by atoms with E-state index in [0.29, 0.717) is 38.8 Å². The average Bonchev–Trinajstić information content (AvgIpc) is 3.54. The van der Waals surface area contributed by atoms with Crippen LogP contribution in [0, 0.1) is 28.6 Å². The second kappa shape index (κ2) is 7.76. The topological polar surface area (TPSA) is 89.5 Å². The smallest absolute Gasteiger partial charge is 0.418 e. The van der Waals surface area contributed by atoms with Gasteiger partial charge in [0.15, 0.2) is 11.6 Å². The molecule has 6 aliphatic rings. The Labute approximate surface area is 207 Å². The van der Waals surface area contributed by atoms with E-state index in [-0.39, 0.29) is 22.7 Å². The molecule has 0 aromatic carbocycles. The van der Waals surface area contributed by atoms with Crippen molar-refractivity contribution >= 4 is 11.9 Å². The lowest BCUT2D eigenvalue weighted by Crippen LogP contribution is -2.65. The number of carbonyl (C=O) groups excluding carboxylic acids is 2. The zero-order valence-corrected chi connectivity index (χ0v) is 21.4. The van der Waals surface area contributed by atoms with Crippen LogP contribution >= 0.6 is 0 Å². The van der Waals surface area contributed by atoms with E-state index in [1.165, 1.54) is 12.7 Å². The minimum absolute atomic E-state index is 0.0528. The predicted molar refractivity (Wildman–Crippen MR) is 123 cm³/mol. The third-order valence-electron chi connectivity index (χ3n) is 10.6. The molecule has 8 heteroatoms. The van der Waals surface area contributed by atoms with E-state index in [4.69, 9.17) is 28.4 Å². The molecule has 5 fully saturated rings. The summed E-state index contributed by atoms with van der Waals surface area (Å²) in [6, 6.07) is 0. The van der Waals surface area contributed by atoms with Crippen LogP contribution in [0.15, 0.2) is 11.6 Å². The Kier molecular flexibility index (Phi) is 5.30. The number of hydrogen-bond acceptors (Lipinski definition) is 8. The zero-order chi connectivity index (χ0) is 24.7. The van der Waals surface area contributed by atoms with Crippen molar-refractivity contribution < 1.29 is 38.0 Å². The number of ether oxygens (including phenoxy) is 6. The van der Waals surface area contributed by atoms with Gasteiger partial charge >= 0.3 is 11.9 Å². The van der Waals surface area contributed by atoms with Gasteiger partial charge in [0.2, 0.25) is 0 Å². The summed E-state index contributed by atoms with van der Waals surface area (Å²) in [5.74, 6) is -2.36. The van der Waals surface area contributed by atoms with Crippen molar-refractivity contribution in [1.82, 2.24) is 0 Å². The SMILES string of the molecule is COC(=O)C(=O)O[C@@]1(C)C[C@@]2(C)[C@@H](CCC23OCCO3)[C@@H]2CC=C3CC4(CC[C@]3(C)[C@H]21)OCCO4. The van der Waals surface area contributed by atoms with Crippen molar-refractivity contribution in [3.05, 3.63) is 11.6 Å². The average molecular weight is 491 g/mol. The van der Waals surface area contributed by atoms with Gasteiger partial charge in [-0.25, -0.2) is 9.59 Å². The maximum atomic E-state index is 12.9. The van der Waals surface area contributed by atoms with Crippen molar-refractivity contribution in [2.45, 2.75) is 82.9 Å². The summed E-state index contributed by atoms with van der Waals surface area (Å²) in [5, 5.41) is 0. The molecule has 4 aliphatic carbocycles. The second-order valence-electron chi connectivity index (χ2n) is 12.2. The Morgan fingerprint density at radius 1 is 0.943 bits per heavy atom. The van der Waals surface area contributed by atoms with Crippen LogP contribution in [0.3, 0.4) is 0 Å². The van der Waals surface area contributed by atoms with Gasteiger partial charge in [-0.15, -0.1) is 0 Å². The molecule has 2 saturated heterocycles. The molecule has 2 aliphatic heterocycles. The highest BCUT2D eigenvalue weighted by Crippen LogP contribution is 2.72. The fourth-order valence-electron chi connectivity index (χ4n) is 9.39. The monoisotopic (exact) mass is 490 g/mol. The first kappa shape index (κ1) is 23.9. The van der Waals surface area contributed by atoms with Crippen LogP contribution < -0.4 is 0 Å². The van der Waals surface area contributed by atoms with Crippen LogP contribution in [0.5, 0.6) is 0 Å². The first-order valence-corrected chi connectivity index (χ1v) is 13.2. The minimum Gasteiger partial charge on any atom is -0.461 e. The van der Waals surface area contributed by atoms with Gasteiger partial charge in [0, 0.05) is 30.6 Å². The minimum atomic E-state index is -0.961. The lowest BCUT2D eigenvalue weighted by molar-refractivity contribution is -0.278. The fourth-order valence-corrected chi connectivity index (χ4v) is 9.39. The first-order chi connectivity index (χ1) is 16.6. The number of esters is 2. The van der Waals surface area contributed by atoms with Crippen molar-refractivity contribution in [3.63, 3.8) is 0 Å². The van der Waals surface area contributed by atoms with Crippen LogP contribution in [-0.2, 0) is 38.0 Å². The Balaban J connectivity index is 1.43. The molecule has 0 unspecified atom stereocenters. The Morgan fingerprint density at radius 2 is 1.63 bits per heavy atom. The maximum Gasteiger partial charge on any atom is 0.418 e. The Bertz CT molecular complexity index is 947. The van der Waals surface area contributed by atoms with E-state index < -0.39 is 29.1 Å². The molecule has 0 radical (unpaired) electrons. The maximum absolute atomic E-state index is 12.9. The molecule has 6 rings (SSSR count). The van der Waals surface area contributed by atoms with E-state index in [2.05, 4.69) is 19.9 Å². The Morgan fingerprint density at radius 3 is 2.31 bits per heavy atom. The first-order valence-electron chi connectivity index (χ1n) is 13.2. The van der Waals surface area contributed by atoms with Crippen molar-refractivity contribution in [2.75, 3.05) is 33.5 Å². The third kappa shape index (κ3) is 3.19. The molecular formula is C27H38O8. The van der Waals surface area contributed by atoms with Crippen LogP contribution in [0.2, 0.25) is 0 Å². The van der Waals surface area contributed by atoms with Crippen molar-refractivity contribution in [3.8, 4) is 0 Å². The highest BCUT2D eigenvalue weighted by Gasteiger charge is 2.73. The van der Waals surface area contributed by atoms with Crippen molar-refractivity contribution in [1.29, 1.82) is 0 Å². The molecule has 194 valence electrons. The molecular weight excluding hydrogens is 452 g/mol. The van der Waals surface area contributed by atoms with Gasteiger partial charge in [-0.1, -0.05) is 25.5 Å². The summed E-state index contributed by atoms with van der Waals surface area (Å²) in [6.45, 7) is 9.01. The molecule has 2 spiro atoms. The van der Waals surface area contributed by atoms with Gasteiger partial charge in [0.1, 0.15) is 5.60 Å². The molecule has 0 amide bonds. The number of carbonyl (C=O) groups is 2. The number of allylic oxidation sites excluding steroid dienone is 1. The fraction of sp³-hybridized carbons (Fsp3) is 0.852. The predicted octanol–water partition coefficient (Wildman–Crippen LogP) is 3.52. The van der Waals surface area contributed by atoms with E-state index in [9.17, 15) is 9.59 Å². The third-order valence-corrected chi connectivity index (χ3v) is 10.6. The molecule has 35 heavy (non-hydrogen) atoms. The summed E-state index contributed by atoms with van der Waals surface area (Å²) < 4.78 is 35.7. The number of hydrogen-bond donors (Lipinski definition) is 0. The summed E-state index contributed by atoms with van der Waals surface area (Å²) in [6.07, 6.45) is 8.18. The lowest BCUT2D eigenvalue weighted by Gasteiger charge is -2.64. The van der Waals surface area contributed by atoms with Crippen molar-refractivity contribution in [2.24, 2.45) is 28.6 Å². The Hall–Kier alpha value is -1.48. The molecule has 0 aromatic heterocycles.